The molecule has 3 aromatic rings. The number of anilines is 1. The predicted molar refractivity (Wildman–Crippen MR) is 108 cm³/mol. The van der Waals surface area contributed by atoms with Crippen molar-refractivity contribution in [2.24, 2.45) is 0 Å². The highest BCUT2D eigenvalue weighted by Crippen LogP contribution is 2.33. The lowest BCUT2D eigenvalue weighted by atomic mass is 10.1. The van der Waals surface area contributed by atoms with Gasteiger partial charge >= 0.3 is 0 Å². The molecule has 144 valence electrons. The topological polar surface area (TPSA) is 68.1 Å². The van der Waals surface area contributed by atoms with Gasteiger partial charge in [-0.05, 0) is 37.3 Å². The maximum Gasteiger partial charge on any atom is 0.258 e. The molecule has 0 radical (unpaired) electrons. The van der Waals surface area contributed by atoms with Gasteiger partial charge in [0.2, 0.25) is 0 Å². The van der Waals surface area contributed by atoms with E-state index in [9.17, 15) is 4.79 Å². The first-order chi connectivity index (χ1) is 13.7. The summed E-state index contributed by atoms with van der Waals surface area (Å²) in [4.78, 5) is 19.8. The molecule has 0 amide bonds. The van der Waals surface area contributed by atoms with Gasteiger partial charge in [0, 0.05) is 43.5 Å². The molecule has 1 fully saturated rings. The van der Waals surface area contributed by atoms with Crippen LogP contribution in [0.2, 0.25) is 0 Å². The van der Waals surface area contributed by atoms with Gasteiger partial charge in [-0.15, -0.1) is 0 Å². The van der Waals surface area contributed by atoms with Crippen LogP contribution in [0.25, 0.3) is 16.9 Å². The van der Waals surface area contributed by atoms with Gasteiger partial charge in [-0.25, -0.2) is 4.98 Å². The van der Waals surface area contributed by atoms with Crippen LogP contribution in [-0.4, -0.2) is 48.3 Å². The molecule has 4 heterocycles. The molecule has 7 heteroatoms. The summed E-state index contributed by atoms with van der Waals surface area (Å²) in [6.45, 7) is 6.03. The summed E-state index contributed by atoms with van der Waals surface area (Å²) in [5.41, 5.74) is 3.04. The highest BCUT2D eigenvalue weighted by atomic mass is 16.6. The molecule has 1 aromatic carbocycles. The molecule has 1 atom stereocenters. The first-order valence-electron chi connectivity index (χ1n) is 9.59. The van der Waals surface area contributed by atoms with Crippen LogP contribution in [-0.2, 0) is 0 Å². The number of hydrogen-bond acceptors (Lipinski definition) is 6. The van der Waals surface area contributed by atoms with Crippen LogP contribution in [0.5, 0.6) is 11.5 Å². The Bertz CT molecular complexity index is 1090. The van der Waals surface area contributed by atoms with Gasteiger partial charge in [-0.3, -0.25) is 9.20 Å². The third-order valence-corrected chi connectivity index (χ3v) is 5.22. The minimum atomic E-state index is -0.0973. The van der Waals surface area contributed by atoms with Crippen molar-refractivity contribution in [1.82, 2.24) is 14.7 Å². The quantitative estimate of drug-likeness (QED) is 0.735. The summed E-state index contributed by atoms with van der Waals surface area (Å²) in [6.07, 6.45) is 1.89. The second kappa shape index (κ2) is 6.83. The number of fused-ring (bicyclic) bond motifs is 2. The predicted octanol–water partition coefficient (Wildman–Crippen LogP) is 1.93. The van der Waals surface area contributed by atoms with E-state index in [0.717, 1.165) is 36.6 Å². The second-order valence-corrected chi connectivity index (χ2v) is 7.25. The summed E-state index contributed by atoms with van der Waals surface area (Å²) >= 11 is 0. The minimum absolute atomic E-state index is 0.0973. The lowest BCUT2D eigenvalue weighted by molar-refractivity contribution is 0.171. The summed E-state index contributed by atoms with van der Waals surface area (Å²) in [5.74, 6) is 1.41. The molecule has 2 aromatic heterocycles. The molecule has 0 bridgehead atoms. The highest BCUT2D eigenvalue weighted by Gasteiger charge is 2.17. The Morgan fingerprint density at radius 1 is 1.11 bits per heavy atom. The molecule has 1 saturated heterocycles. The van der Waals surface area contributed by atoms with E-state index >= 15 is 0 Å². The number of hydrogen-bond donors (Lipinski definition) is 1. The van der Waals surface area contributed by atoms with Gasteiger partial charge in [0.15, 0.2) is 11.5 Å². The molecule has 2 aliphatic rings. The highest BCUT2D eigenvalue weighted by molar-refractivity contribution is 5.66. The average molecular weight is 378 g/mol. The summed E-state index contributed by atoms with van der Waals surface area (Å²) in [7, 11) is 0. The Labute approximate surface area is 162 Å². The largest absolute Gasteiger partial charge is 0.486 e. The summed E-state index contributed by atoms with van der Waals surface area (Å²) in [5, 5.41) is 3.44. The molecule has 2 aliphatic heterocycles. The van der Waals surface area contributed by atoms with Crippen molar-refractivity contribution in [3.8, 4) is 22.8 Å². The zero-order valence-electron chi connectivity index (χ0n) is 15.7. The number of nitrogens with zero attached hydrogens (tertiary/aromatic N) is 3. The lowest BCUT2D eigenvalue weighted by Crippen LogP contribution is -2.49. The van der Waals surface area contributed by atoms with Crippen molar-refractivity contribution in [3.63, 3.8) is 0 Å². The van der Waals surface area contributed by atoms with Crippen molar-refractivity contribution in [2.75, 3.05) is 37.7 Å². The first kappa shape index (κ1) is 17.1. The SMILES string of the molecule is C[C@@H]1CN(c2ccc3nc(-c4ccc5c(c4)OCCO5)cc(=O)n3c2)CCN1. The van der Waals surface area contributed by atoms with Gasteiger partial charge in [0.1, 0.15) is 18.9 Å². The van der Waals surface area contributed by atoms with Crippen molar-refractivity contribution < 1.29 is 9.47 Å². The van der Waals surface area contributed by atoms with Gasteiger partial charge in [-0.1, -0.05) is 0 Å². The number of ether oxygens (including phenoxy) is 2. The van der Waals surface area contributed by atoms with E-state index in [2.05, 4.69) is 17.1 Å². The second-order valence-electron chi connectivity index (χ2n) is 7.25. The zero-order valence-corrected chi connectivity index (χ0v) is 15.7. The van der Waals surface area contributed by atoms with E-state index in [-0.39, 0.29) is 5.56 Å². The fraction of sp³-hybridized carbons (Fsp3) is 0.333. The smallest absolute Gasteiger partial charge is 0.258 e. The molecule has 0 unspecified atom stereocenters. The molecule has 0 spiro atoms. The first-order valence-corrected chi connectivity index (χ1v) is 9.59. The molecular weight excluding hydrogens is 356 g/mol. The Morgan fingerprint density at radius 2 is 1.96 bits per heavy atom. The number of aromatic nitrogens is 2. The van der Waals surface area contributed by atoms with Gasteiger partial charge in [0.25, 0.3) is 5.56 Å². The van der Waals surface area contributed by atoms with Crippen molar-refractivity contribution >= 4 is 11.3 Å². The Kier molecular flexibility index (Phi) is 4.16. The average Bonchev–Trinajstić information content (AvgIpc) is 2.73. The molecular formula is C21H22N4O3. The van der Waals surface area contributed by atoms with Crippen LogP contribution in [0.1, 0.15) is 6.92 Å². The third-order valence-electron chi connectivity index (χ3n) is 5.22. The van der Waals surface area contributed by atoms with Crippen molar-refractivity contribution in [2.45, 2.75) is 13.0 Å². The van der Waals surface area contributed by atoms with Crippen molar-refractivity contribution in [3.05, 3.63) is 52.9 Å². The van der Waals surface area contributed by atoms with E-state index in [1.807, 2.05) is 36.5 Å². The number of benzene rings is 1. The molecule has 5 rings (SSSR count). The van der Waals surface area contributed by atoms with E-state index in [4.69, 9.17) is 14.5 Å². The van der Waals surface area contributed by atoms with Gasteiger partial charge < -0.3 is 19.7 Å². The number of nitrogens with one attached hydrogen (secondary N) is 1. The fourth-order valence-electron chi connectivity index (χ4n) is 3.80. The third kappa shape index (κ3) is 3.07. The number of rotatable bonds is 2. The van der Waals surface area contributed by atoms with Crippen LogP contribution in [0, 0.1) is 0 Å². The van der Waals surface area contributed by atoms with Crippen LogP contribution < -0.4 is 25.2 Å². The Hall–Kier alpha value is -3.06. The molecule has 0 aliphatic carbocycles. The summed E-state index contributed by atoms with van der Waals surface area (Å²) in [6, 6.07) is 11.6. The van der Waals surface area contributed by atoms with Crippen LogP contribution >= 0.6 is 0 Å². The standard InChI is InChI=1S/C21H22N4O3/c1-14-12-24(7-6-22-14)16-3-5-20-23-17(11-21(26)25(20)13-16)15-2-4-18-19(10-15)28-9-8-27-18/h2-5,10-11,13-14,22H,6-9,12H2,1H3/t14-/m1/s1. The zero-order chi connectivity index (χ0) is 19.1. The maximum atomic E-state index is 12.8. The normalized spacial score (nSPS) is 19.0. The van der Waals surface area contributed by atoms with Crippen LogP contribution in [0.4, 0.5) is 5.69 Å². The number of piperazine rings is 1. The molecule has 28 heavy (non-hydrogen) atoms. The van der Waals surface area contributed by atoms with Crippen LogP contribution in [0.15, 0.2) is 47.4 Å². The number of pyridine rings is 1. The van der Waals surface area contributed by atoms with Crippen LogP contribution in [0.3, 0.4) is 0 Å². The minimum Gasteiger partial charge on any atom is -0.486 e. The maximum absolute atomic E-state index is 12.8. The Morgan fingerprint density at radius 3 is 2.82 bits per heavy atom. The lowest BCUT2D eigenvalue weighted by Gasteiger charge is -2.33. The fourth-order valence-corrected chi connectivity index (χ4v) is 3.80. The van der Waals surface area contributed by atoms with Crippen molar-refractivity contribution in [1.29, 1.82) is 0 Å². The summed E-state index contributed by atoms with van der Waals surface area (Å²) < 4.78 is 12.8. The Balaban J connectivity index is 1.52. The monoisotopic (exact) mass is 378 g/mol. The molecule has 1 N–H and O–H groups in total. The van der Waals surface area contributed by atoms with E-state index in [0.29, 0.717) is 36.3 Å². The van der Waals surface area contributed by atoms with E-state index in [1.165, 1.54) is 0 Å². The molecule has 0 saturated carbocycles. The molecule has 7 nitrogen and oxygen atoms in total. The van der Waals surface area contributed by atoms with Gasteiger partial charge in [0.05, 0.1) is 11.4 Å². The van der Waals surface area contributed by atoms with E-state index < -0.39 is 0 Å². The van der Waals surface area contributed by atoms with Gasteiger partial charge in [-0.2, -0.15) is 0 Å². The van der Waals surface area contributed by atoms with E-state index in [1.54, 1.807) is 10.5 Å².